The first-order valence-electron chi connectivity index (χ1n) is 5.22. The van der Waals surface area contributed by atoms with Gasteiger partial charge in [0, 0.05) is 5.56 Å². The second-order valence-electron chi connectivity index (χ2n) is 3.52. The number of nitrogens with two attached hydrogens (primary N) is 1. The SMILES string of the molecule is COc1cc(/C=N\NC(=O)C(N)=O)cc2c1OCO2. The molecule has 0 unspecified atom stereocenters. The van der Waals surface area contributed by atoms with E-state index in [0.29, 0.717) is 22.8 Å². The van der Waals surface area contributed by atoms with Crippen LogP contribution in [0.15, 0.2) is 17.2 Å². The highest BCUT2D eigenvalue weighted by Crippen LogP contribution is 2.41. The molecule has 0 bridgehead atoms. The van der Waals surface area contributed by atoms with E-state index in [4.69, 9.17) is 19.9 Å². The number of carbonyl (C=O) groups excluding carboxylic acids is 2. The topological polar surface area (TPSA) is 112 Å². The Morgan fingerprint density at radius 2 is 2.26 bits per heavy atom. The van der Waals surface area contributed by atoms with E-state index < -0.39 is 11.8 Å². The Morgan fingerprint density at radius 3 is 2.95 bits per heavy atom. The van der Waals surface area contributed by atoms with Gasteiger partial charge < -0.3 is 19.9 Å². The normalized spacial score (nSPS) is 12.5. The third kappa shape index (κ3) is 2.73. The van der Waals surface area contributed by atoms with E-state index in [1.54, 1.807) is 12.1 Å². The van der Waals surface area contributed by atoms with Crippen molar-refractivity contribution in [3.05, 3.63) is 17.7 Å². The maximum Gasteiger partial charge on any atom is 0.329 e. The van der Waals surface area contributed by atoms with Gasteiger partial charge in [0.1, 0.15) is 0 Å². The van der Waals surface area contributed by atoms with Gasteiger partial charge in [0.2, 0.25) is 12.5 Å². The molecule has 3 N–H and O–H groups in total. The molecule has 0 saturated carbocycles. The predicted molar refractivity (Wildman–Crippen MR) is 64.0 cm³/mol. The summed E-state index contributed by atoms with van der Waals surface area (Å²) in [4.78, 5) is 21.3. The van der Waals surface area contributed by atoms with Gasteiger partial charge in [-0.1, -0.05) is 0 Å². The first-order chi connectivity index (χ1) is 9.11. The van der Waals surface area contributed by atoms with Crippen molar-refractivity contribution in [3.8, 4) is 17.2 Å². The Hall–Kier alpha value is -2.77. The van der Waals surface area contributed by atoms with Crippen LogP contribution in [-0.2, 0) is 9.59 Å². The number of hydrazone groups is 1. The maximum absolute atomic E-state index is 10.9. The molecule has 1 aromatic rings. The highest BCUT2D eigenvalue weighted by atomic mass is 16.7. The molecule has 1 aliphatic rings. The average Bonchev–Trinajstić information content (AvgIpc) is 2.85. The van der Waals surface area contributed by atoms with Crippen LogP contribution in [0, 0.1) is 0 Å². The van der Waals surface area contributed by atoms with E-state index in [9.17, 15) is 9.59 Å². The van der Waals surface area contributed by atoms with Crippen LogP contribution >= 0.6 is 0 Å². The van der Waals surface area contributed by atoms with Gasteiger partial charge >= 0.3 is 11.8 Å². The molecule has 0 aromatic heterocycles. The van der Waals surface area contributed by atoms with Crippen molar-refractivity contribution in [1.82, 2.24) is 5.43 Å². The van der Waals surface area contributed by atoms with Crippen molar-refractivity contribution >= 4 is 18.0 Å². The number of fused-ring (bicyclic) bond motifs is 1. The lowest BCUT2D eigenvalue weighted by atomic mass is 10.2. The standard InChI is InChI=1S/C11H11N3O5/c1-17-7-2-6(3-8-9(7)19-5-18-8)4-13-14-11(16)10(12)15/h2-4H,5H2,1H3,(H2,12,15)(H,14,16)/b13-4-. The monoisotopic (exact) mass is 265 g/mol. The molecule has 2 rings (SSSR count). The molecule has 1 aromatic carbocycles. The minimum absolute atomic E-state index is 0.116. The number of hydrogen-bond acceptors (Lipinski definition) is 6. The van der Waals surface area contributed by atoms with Crippen molar-refractivity contribution in [2.45, 2.75) is 0 Å². The number of nitrogens with zero attached hydrogens (tertiary/aromatic N) is 1. The van der Waals surface area contributed by atoms with Gasteiger partial charge in [-0.15, -0.1) is 0 Å². The molecule has 0 radical (unpaired) electrons. The number of methoxy groups -OCH3 is 1. The molecule has 1 aliphatic heterocycles. The highest BCUT2D eigenvalue weighted by molar-refractivity contribution is 6.34. The zero-order valence-electron chi connectivity index (χ0n) is 10.0. The van der Waals surface area contributed by atoms with Crippen LogP contribution in [0.1, 0.15) is 5.56 Å². The molecule has 0 saturated heterocycles. The molecule has 0 aliphatic carbocycles. The molecular formula is C11H11N3O5. The molecule has 0 fully saturated rings. The second-order valence-corrected chi connectivity index (χ2v) is 3.52. The summed E-state index contributed by atoms with van der Waals surface area (Å²) in [6.07, 6.45) is 1.32. The fourth-order valence-electron chi connectivity index (χ4n) is 1.44. The van der Waals surface area contributed by atoms with Crippen molar-refractivity contribution in [3.63, 3.8) is 0 Å². The lowest BCUT2D eigenvalue weighted by Gasteiger charge is -2.05. The minimum atomic E-state index is -1.11. The lowest BCUT2D eigenvalue weighted by molar-refractivity contribution is -0.137. The number of hydrogen-bond donors (Lipinski definition) is 2. The number of carbonyl (C=O) groups is 2. The van der Waals surface area contributed by atoms with Gasteiger partial charge in [0.25, 0.3) is 0 Å². The summed E-state index contributed by atoms with van der Waals surface area (Å²) in [5, 5.41) is 3.59. The third-order valence-corrected chi connectivity index (χ3v) is 2.28. The highest BCUT2D eigenvalue weighted by Gasteiger charge is 2.19. The van der Waals surface area contributed by atoms with Gasteiger partial charge in [-0.25, -0.2) is 5.43 Å². The molecule has 8 heteroatoms. The van der Waals surface area contributed by atoms with Gasteiger partial charge in [0.05, 0.1) is 13.3 Å². The summed E-state index contributed by atoms with van der Waals surface area (Å²) in [7, 11) is 1.49. The van der Waals surface area contributed by atoms with Crippen LogP contribution in [0.3, 0.4) is 0 Å². The van der Waals surface area contributed by atoms with Gasteiger partial charge in [0.15, 0.2) is 11.5 Å². The van der Waals surface area contributed by atoms with E-state index in [0.717, 1.165) is 0 Å². The Bertz CT molecular complexity index is 556. The predicted octanol–water partition coefficient (Wildman–Crippen LogP) is -0.641. The Kier molecular flexibility index (Phi) is 3.51. The molecule has 0 spiro atoms. The van der Waals surface area contributed by atoms with E-state index >= 15 is 0 Å². The summed E-state index contributed by atoms with van der Waals surface area (Å²) in [5.74, 6) is -0.593. The molecule has 100 valence electrons. The largest absolute Gasteiger partial charge is 0.493 e. The fraction of sp³-hybridized carbons (Fsp3) is 0.182. The molecule has 2 amide bonds. The summed E-state index contributed by atoms with van der Waals surface area (Å²) < 4.78 is 15.6. The average molecular weight is 265 g/mol. The van der Waals surface area contributed by atoms with Crippen molar-refractivity contribution in [2.75, 3.05) is 13.9 Å². The van der Waals surface area contributed by atoms with E-state index in [1.807, 2.05) is 5.43 Å². The van der Waals surface area contributed by atoms with Crippen LogP contribution < -0.4 is 25.4 Å². The Balaban J connectivity index is 2.15. The van der Waals surface area contributed by atoms with Gasteiger partial charge in [-0.05, 0) is 12.1 Å². The van der Waals surface area contributed by atoms with Crippen LogP contribution in [-0.4, -0.2) is 31.9 Å². The van der Waals surface area contributed by atoms with E-state index in [2.05, 4.69) is 5.10 Å². The quantitative estimate of drug-likeness (QED) is 0.429. The first kappa shape index (κ1) is 12.7. The lowest BCUT2D eigenvalue weighted by Crippen LogP contribution is -2.32. The summed E-state index contributed by atoms with van der Waals surface area (Å²) >= 11 is 0. The number of rotatable bonds is 3. The zero-order valence-corrected chi connectivity index (χ0v) is 10.0. The van der Waals surface area contributed by atoms with Gasteiger partial charge in [-0.2, -0.15) is 5.10 Å². The zero-order chi connectivity index (χ0) is 13.8. The van der Waals surface area contributed by atoms with E-state index in [-0.39, 0.29) is 6.79 Å². The summed E-state index contributed by atoms with van der Waals surface area (Å²) in [6, 6.07) is 3.30. The number of benzene rings is 1. The van der Waals surface area contributed by atoms with Crippen LogP contribution in [0.25, 0.3) is 0 Å². The molecular weight excluding hydrogens is 254 g/mol. The van der Waals surface area contributed by atoms with Crippen molar-refractivity contribution in [1.29, 1.82) is 0 Å². The van der Waals surface area contributed by atoms with Crippen molar-refractivity contribution in [2.24, 2.45) is 10.8 Å². The minimum Gasteiger partial charge on any atom is -0.493 e. The molecule has 0 atom stereocenters. The maximum atomic E-state index is 10.9. The Morgan fingerprint density at radius 1 is 1.47 bits per heavy atom. The van der Waals surface area contributed by atoms with Crippen LogP contribution in [0.5, 0.6) is 17.2 Å². The van der Waals surface area contributed by atoms with Crippen LogP contribution in [0.4, 0.5) is 0 Å². The van der Waals surface area contributed by atoms with Gasteiger partial charge in [-0.3, -0.25) is 9.59 Å². The Labute approximate surface area is 108 Å². The molecule has 1 heterocycles. The number of amides is 2. The summed E-state index contributed by atoms with van der Waals surface area (Å²) in [5.41, 5.74) is 7.33. The molecule has 8 nitrogen and oxygen atoms in total. The number of primary amides is 1. The van der Waals surface area contributed by atoms with E-state index in [1.165, 1.54) is 13.3 Å². The number of nitrogens with one attached hydrogen (secondary N) is 1. The number of ether oxygens (including phenoxy) is 3. The first-order valence-corrected chi connectivity index (χ1v) is 5.22. The molecule has 19 heavy (non-hydrogen) atoms. The fourth-order valence-corrected chi connectivity index (χ4v) is 1.44. The third-order valence-electron chi connectivity index (χ3n) is 2.28. The van der Waals surface area contributed by atoms with Crippen LogP contribution in [0.2, 0.25) is 0 Å². The second kappa shape index (κ2) is 5.25. The summed E-state index contributed by atoms with van der Waals surface area (Å²) in [6.45, 7) is 0.116. The van der Waals surface area contributed by atoms with Crippen molar-refractivity contribution < 1.29 is 23.8 Å². The smallest absolute Gasteiger partial charge is 0.329 e.